The summed E-state index contributed by atoms with van der Waals surface area (Å²) < 4.78 is 5.49. The van der Waals surface area contributed by atoms with Crippen molar-refractivity contribution in [1.29, 1.82) is 0 Å². The number of ether oxygens (including phenoxy) is 1. The molecule has 0 saturated carbocycles. The Morgan fingerprint density at radius 2 is 1.82 bits per heavy atom. The highest BCUT2D eigenvalue weighted by molar-refractivity contribution is 6.24. The van der Waals surface area contributed by atoms with Crippen LogP contribution in [0.1, 0.15) is 29.5 Å². The lowest BCUT2D eigenvalue weighted by molar-refractivity contribution is -0.129. The largest absolute Gasteiger partial charge is 0.496 e. The lowest BCUT2D eigenvalue weighted by Gasteiger charge is -2.33. The van der Waals surface area contributed by atoms with Crippen LogP contribution in [0.15, 0.2) is 72.9 Å². The van der Waals surface area contributed by atoms with Crippen molar-refractivity contribution in [3.8, 4) is 5.75 Å². The Morgan fingerprint density at radius 3 is 2.59 bits per heavy atom. The molecule has 1 saturated heterocycles. The van der Waals surface area contributed by atoms with Crippen molar-refractivity contribution < 1.29 is 14.3 Å². The SMILES string of the molecule is COc1ccccc1C=C(C(=O)N1CCCC(C(=O)Nc2ncccc2C)C1)c1ccccc1. The highest BCUT2D eigenvalue weighted by Crippen LogP contribution is 2.28. The zero-order chi connectivity index (χ0) is 23.9. The summed E-state index contributed by atoms with van der Waals surface area (Å²) in [5.41, 5.74) is 3.14. The third-order valence-corrected chi connectivity index (χ3v) is 6.08. The minimum absolute atomic E-state index is 0.0939. The Kier molecular flexibility index (Phi) is 7.38. The average Bonchev–Trinajstić information content (AvgIpc) is 2.89. The number of nitrogens with zero attached hydrogens (tertiary/aromatic N) is 2. The number of aryl methyl sites for hydroxylation is 1. The van der Waals surface area contributed by atoms with E-state index < -0.39 is 0 Å². The van der Waals surface area contributed by atoms with Crippen molar-refractivity contribution in [1.82, 2.24) is 9.88 Å². The first-order chi connectivity index (χ1) is 16.6. The summed E-state index contributed by atoms with van der Waals surface area (Å²) in [5, 5.41) is 2.94. The minimum Gasteiger partial charge on any atom is -0.496 e. The summed E-state index contributed by atoms with van der Waals surface area (Å²) >= 11 is 0. The number of amides is 2. The van der Waals surface area contributed by atoms with E-state index in [0.29, 0.717) is 30.2 Å². The molecule has 34 heavy (non-hydrogen) atoms. The van der Waals surface area contributed by atoms with E-state index in [1.165, 1.54) is 0 Å². The van der Waals surface area contributed by atoms with Crippen molar-refractivity contribution in [2.24, 2.45) is 5.92 Å². The zero-order valence-corrected chi connectivity index (χ0v) is 19.5. The third-order valence-electron chi connectivity index (χ3n) is 6.08. The van der Waals surface area contributed by atoms with E-state index in [1.807, 2.05) is 79.7 Å². The molecule has 0 radical (unpaired) electrons. The van der Waals surface area contributed by atoms with Crippen LogP contribution in [-0.2, 0) is 9.59 Å². The number of pyridine rings is 1. The number of aromatic nitrogens is 1. The molecule has 6 heteroatoms. The standard InChI is InChI=1S/C28H29N3O3/c1-20-10-8-16-29-26(20)30-27(32)23-14-9-17-31(19-23)28(33)24(21-11-4-3-5-12-21)18-22-13-6-7-15-25(22)34-2/h3-8,10-13,15-16,18,23H,9,14,17,19H2,1-2H3,(H,29,30,32). The van der Waals surface area contributed by atoms with E-state index in [9.17, 15) is 9.59 Å². The van der Waals surface area contributed by atoms with Gasteiger partial charge in [0.15, 0.2) is 0 Å². The van der Waals surface area contributed by atoms with E-state index in [-0.39, 0.29) is 17.7 Å². The molecule has 2 heterocycles. The monoisotopic (exact) mass is 455 g/mol. The third kappa shape index (κ3) is 5.34. The van der Waals surface area contributed by atoms with E-state index in [0.717, 1.165) is 29.5 Å². The van der Waals surface area contributed by atoms with Gasteiger partial charge in [0, 0.05) is 30.4 Å². The number of piperidine rings is 1. The number of nitrogens with one attached hydrogen (secondary N) is 1. The van der Waals surface area contributed by atoms with Gasteiger partial charge in [0.25, 0.3) is 5.91 Å². The topological polar surface area (TPSA) is 71.5 Å². The highest BCUT2D eigenvalue weighted by atomic mass is 16.5. The Balaban J connectivity index is 1.58. The molecule has 2 aromatic carbocycles. The molecule has 3 aromatic rings. The van der Waals surface area contributed by atoms with Gasteiger partial charge in [0.2, 0.25) is 5.91 Å². The number of benzene rings is 2. The number of hydrogen-bond acceptors (Lipinski definition) is 4. The molecule has 1 aromatic heterocycles. The molecular weight excluding hydrogens is 426 g/mol. The van der Waals surface area contributed by atoms with Crippen LogP contribution in [0.2, 0.25) is 0 Å². The van der Waals surface area contributed by atoms with Crippen molar-refractivity contribution in [3.05, 3.63) is 89.6 Å². The fraction of sp³-hybridized carbons (Fsp3) is 0.250. The summed E-state index contributed by atoms with van der Waals surface area (Å²) in [5.74, 6) is 0.780. The molecule has 1 unspecified atom stereocenters. The van der Waals surface area contributed by atoms with Crippen LogP contribution in [0.4, 0.5) is 5.82 Å². The van der Waals surface area contributed by atoms with Crippen LogP contribution in [0.5, 0.6) is 5.75 Å². The number of para-hydroxylation sites is 1. The Hall–Kier alpha value is -3.93. The Labute approximate surface area is 200 Å². The second-order valence-corrected chi connectivity index (χ2v) is 8.41. The summed E-state index contributed by atoms with van der Waals surface area (Å²) in [7, 11) is 1.62. The number of carbonyl (C=O) groups excluding carboxylic acids is 2. The fourth-order valence-corrected chi connectivity index (χ4v) is 4.21. The van der Waals surface area contributed by atoms with Gasteiger partial charge < -0.3 is 15.0 Å². The molecule has 4 rings (SSSR count). The molecule has 0 spiro atoms. The summed E-state index contributed by atoms with van der Waals surface area (Å²) in [6, 6.07) is 21.0. The number of carbonyl (C=O) groups is 2. The van der Waals surface area contributed by atoms with Gasteiger partial charge in [-0.1, -0.05) is 54.6 Å². The molecule has 0 aliphatic carbocycles. The number of methoxy groups -OCH3 is 1. The number of anilines is 1. The average molecular weight is 456 g/mol. The first-order valence-corrected chi connectivity index (χ1v) is 11.5. The second-order valence-electron chi connectivity index (χ2n) is 8.41. The quantitative estimate of drug-likeness (QED) is 0.427. The molecule has 1 fully saturated rings. The first-order valence-electron chi connectivity index (χ1n) is 11.5. The van der Waals surface area contributed by atoms with Crippen molar-refractivity contribution >= 4 is 29.3 Å². The minimum atomic E-state index is -0.289. The number of rotatable bonds is 6. The predicted octanol–water partition coefficient (Wildman–Crippen LogP) is 4.82. The van der Waals surface area contributed by atoms with Crippen molar-refractivity contribution in [2.75, 3.05) is 25.5 Å². The maximum absolute atomic E-state index is 13.8. The van der Waals surface area contributed by atoms with Crippen LogP contribution in [-0.4, -0.2) is 41.9 Å². The molecule has 174 valence electrons. The Bertz CT molecular complexity index is 1190. The normalized spacial score (nSPS) is 16.1. The zero-order valence-electron chi connectivity index (χ0n) is 19.5. The van der Waals surface area contributed by atoms with Crippen LogP contribution >= 0.6 is 0 Å². The van der Waals surface area contributed by atoms with Gasteiger partial charge in [0.05, 0.1) is 13.0 Å². The smallest absolute Gasteiger partial charge is 0.254 e. The second kappa shape index (κ2) is 10.8. The molecule has 0 bridgehead atoms. The molecule has 6 nitrogen and oxygen atoms in total. The molecular formula is C28H29N3O3. The van der Waals surface area contributed by atoms with Crippen LogP contribution < -0.4 is 10.1 Å². The summed E-state index contributed by atoms with van der Waals surface area (Å²) in [6.45, 7) is 2.89. The van der Waals surface area contributed by atoms with Crippen molar-refractivity contribution in [2.45, 2.75) is 19.8 Å². The van der Waals surface area contributed by atoms with E-state index in [2.05, 4.69) is 10.3 Å². The maximum atomic E-state index is 13.8. The molecule has 1 atom stereocenters. The lowest BCUT2D eigenvalue weighted by atomic mass is 9.94. The van der Waals surface area contributed by atoms with Gasteiger partial charge in [-0.15, -0.1) is 0 Å². The van der Waals surface area contributed by atoms with Crippen LogP contribution in [0.3, 0.4) is 0 Å². The maximum Gasteiger partial charge on any atom is 0.254 e. The fourth-order valence-electron chi connectivity index (χ4n) is 4.21. The van der Waals surface area contributed by atoms with Gasteiger partial charge in [0.1, 0.15) is 11.6 Å². The van der Waals surface area contributed by atoms with Gasteiger partial charge >= 0.3 is 0 Å². The first kappa shape index (κ1) is 23.2. The number of likely N-dealkylation sites (tertiary alicyclic amines) is 1. The van der Waals surface area contributed by atoms with Gasteiger partial charge in [-0.3, -0.25) is 9.59 Å². The van der Waals surface area contributed by atoms with E-state index in [4.69, 9.17) is 4.74 Å². The highest BCUT2D eigenvalue weighted by Gasteiger charge is 2.30. The van der Waals surface area contributed by atoms with Gasteiger partial charge in [-0.05, 0) is 49.1 Å². The summed E-state index contributed by atoms with van der Waals surface area (Å²) in [6.07, 6.45) is 5.03. The number of hydrogen-bond donors (Lipinski definition) is 1. The van der Waals surface area contributed by atoms with Crippen LogP contribution in [0, 0.1) is 12.8 Å². The molecule has 1 aliphatic rings. The van der Waals surface area contributed by atoms with Gasteiger partial charge in [-0.2, -0.15) is 0 Å². The summed E-state index contributed by atoms with van der Waals surface area (Å²) in [4.78, 5) is 32.8. The molecule has 2 amide bonds. The molecule has 1 aliphatic heterocycles. The predicted molar refractivity (Wildman–Crippen MR) is 134 cm³/mol. The van der Waals surface area contributed by atoms with E-state index >= 15 is 0 Å². The van der Waals surface area contributed by atoms with Crippen molar-refractivity contribution in [3.63, 3.8) is 0 Å². The molecule has 1 N–H and O–H groups in total. The Morgan fingerprint density at radius 1 is 1.06 bits per heavy atom. The van der Waals surface area contributed by atoms with Gasteiger partial charge in [-0.25, -0.2) is 4.98 Å². The lowest BCUT2D eigenvalue weighted by Crippen LogP contribution is -2.44. The van der Waals surface area contributed by atoms with E-state index in [1.54, 1.807) is 18.2 Å². The van der Waals surface area contributed by atoms with Crippen LogP contribution in [0.25, 0.3) is 11.6 Å².